The fraction of sp³-hybridized carbons (Fsp3) is 0.559. The SMILES string of the molecule is O=c1ccc2c([C@H](O)CNCCC[N+]34CCC(CC3)[C@H](OC[C@](O)(c3ccccc3)C3CCCC3)C4)ccc(O)c2[nH]1. The topological polar surface area (TPSA) is 115 Å². The second kappa shape index (κ2) is 12.5. The van der Waals surface area contributed by atoms with Gasteiger partial charge in [0.15, 0.2) is 0 Å². The molecule has 7 rings (SSSR count). The van der Waals surface area contributed by atoms with E-state index in [1.54, 1.807) is 12.1 Å². The van der Waals surface area contributed by atoms with Crippen molar-refractivity contribution in [2.45, 2.75) is 62.8 Å². The molecule has 3 aliphatic heterocycles. The smallest absolute Gasteiger partial charge is 0.248 e. The summed E-state index contributed by atoms with van der Waals surface area (Å²) in [5.41, 5.74) is 0.816. The van der Waals surface area contributed by atoms with Crippen LogP contribution in [0.1, 0.15) is 62.2 Å². The molecule has 4 aliphatic rings. The van der Waals surface area contributed by atoms with Gasteiger partial charge in [-0.2, -0.15) is 0 Å². The summed E-state index contributed by atoms with van der Waals surface area (Å²) >= 11 is 0. The van der Waals surface area contributed by atoms with Crippen LogP contribution in [-0.4, -0.2) is 76.8 Å². The number of piperidine rings is 3. The first kappa shape index (κ1) is 29.3. The summed E-state index contributed by atoms with van der Waals surface area (Å²) in [6, 6.07) is 16.4. The first-order valence-electron chi connectivity index (χ1n) is 15.9. The molecule has 42 heavy (non-hydrogen) atoms. The molecule has 8 nitrogen and oxygen atoms in total. The van der Waals surface area contributed by atoms with Gasteiger partial charge in [-0.3, -0.25) is 4.79 Å². The number of pyridine rings is 1. The van der Waals surface area contributed by atoms with Crippen LogP contribution < -0.4 is 10.9 Å². The van der Waals surface area contributed by atoms with Gasteiger partial charge in [-0.15, -0.1) is 0 Å². The summed E-state index contributed by atoms with van der Waals surface area (Å²) in [6.07, 6.45) is 7.29. The molecule has 3 aromatic rings. The van der Waals surface area contributed by atoms with Gasteiger partial charge in [0, 0.05) is 49.7 Å². The molecular formula is C34H46N3O5+. The average molecular weight is 577 g/mol. The number of hydrogen-bond donors (Lipinski definition) is 5. The van der Waals surface area contributed by atoms with Crippen LogP contribution in [0.2, 0.25) is 0 Å². The molecule has 2 bridgehead atoms. The zero-order chi connectivity index (χ0) is 29.2. The van der Waals surface area contributed by atoms with Crippen molar-refractivity contribution >= 4 is 10.9 Å². The number of aliphatic hydroxyl groups excluding tert-OH is 1. The number of phenols is 1. The number of quaternary nitrogens is 1. The second-order valence-corrected chi connectivity index (χ2v) is 13.0. The summed E-state index contributed by atoms with van der Waals surface area (Å²) in [4.78, 5) is 14.4. The van der Waals surface area contributed by atoms with Crippen LogP contribution in [0.25, 0.3) is 10.9 Å². The highest BCUT2D eigenvalue weighted by molar-refractivity contribution is 5.87. The number of H-pyrrole nitrogens is 1. The van der Waals surface area contributed by atoms with E-state index in [9.17, 15) is 20.1 Å². The summed E-state index contributed by atoms with van der Waals surface area (Å²) in [7, 11) is 0. The normalized spacial score (nSPS) is 26.4. The van der Waals surface area contributed by atoms with Crippen LogP contribution in [-0.2, 0) is 10.3 Å². The van der Waals surface area contributed by atoms with Crippen molar-refractivity contribution in [3.8, 4) is 5.75 Å². The number of aromatic hydroxyl groups is 1. The maximum atomic E-state index is 12.0. The van der Waals surface area contributed by atoms with Crippen molar-refractivity contribution in [2.24, 2.45) is 11.8 Å². The first-order chi connectivity index (χ1) is 20.4. The number of rotatable bonds is 12. The maximum absolute atomic E-state index is 12.0. The van der Waals surface area contributed by atoms with Gasteiger partial charge in [-0.25, -0.2) is 0 Å². The standard InChI is InChI=1S/C34H45N3O5/c38-29-13-11-27(28-12-14-32(40)36-33(28)29)30(39)21-35-17-6-18-37-19-15-24(16-20-37)31(22-37)42-23-34(41,26-9-4-5-10-26)25-7-2-1-3-8-25/h1-3,7-8,11-14,24,26,30-31,35,39,41H,4-6,9-10,15-23H2,(H-,36,38,40)/p+1/t24?,30-,31-,34+,37?/m1/s1. The minimum atomic E-state index is -0.919. The van der Waals surface area contributed by atoms with Crippen LogP contribution in [0.15, 0.2) is 59.4 Å². The van der Waals surface area contributed by atoms with E-state index in [0.717, 1.165) is 48.9 Å². The lowest BCUT2D eigenvalue weighted by molar-refractivity contribution is -0.946. The van der Waals surface area contributed by atoms with Gasteiger partial charge in [0.05, 0.1) is 37.9 Å². The predicted octanol–water partition coefficient (Wildman–Crippen LogP) is 3.95. The van der Waals surface area contributed by atoms with Gasteiger partial charge >= 0.3 is 0 Å². The largest absolute Gasteiger partial charge is 0.506 e. The Morgan fingerprint density at radius 3 is 2.55 bits per heavy atom. The van der Waals surface area contributed by atoms with Crippen molar-refractivity contribution in [3.05, 3.63) is 76.1 Å². The Hall–Kier alpha value is -2.75. The molecule has 4 heterocycles. The summed E-state index contributed by atoms with van der Waals surface area (Å²) < 4.78 is 7.76. The highest BCUT2D eigenvalue weighted by atomic mass is 16.5. The molecule has 0 amide bonds. The molecule has 0 unspecified atom stereocenters. The molecule has 1 aromatic heterocycles. The van der Waals surface area contributed by atoms with E-state index < -0.39 is 11.7 Å². The molecule has 8 heteroatoms. The Kier molecular flexibility index (Phi) is 8.70. The monoisotopic (exact) mass is 576 g/mol. The van der Waals surface area contributed by atoms with Gasteiger partial charge in [0.25, 0.3) is 0 Å². The van der Waals surface area contributed by atoms with Crippen molar-refractivity contribution < 1.29 is 24.5 Å². The van der Waals surface area contributed by atoms with Crippen LogP contribution in [0.4, 0.5) is 0 Å². The lowest BCUT2D eigenvalue weighted by atomic mass is 9.80. The fourth-order valence-corrected chi connectivity index (χ4v) is 7.96. The number of aliphatic hydroxyl groups is 2. The van der Waals surface area contributed by atoms with Gasteiger partial charge in [0.1, 0.15) is 24.0 Å². The predicted molar refractivity (Wildman–Crippen MR) is 163 cm³/mol. The molecule has 1 aliphatic carbocycles. The maximum Gasteiger partial charge on any atom is 0.248 e. The van der Waals surface area contributed by atoms with Gasteiger partial charge < -0.3 is 34.8 Å². The number of hydrogen-bond acceptors (Lipinski definition) is 6. The molecule has 1 saturated carbocycles. The lowest BCUT2D eigenvalue weighted by Gasteiger charge is -2.53. The minimum absolute atomic E-state index is 0.00333. The fourth-order valence-electron chi connectivity index (χ4n) is 7.96. The summed E-state index contributed by atoms with van der Waals surface area (Å²) in [6.45, 7) is 6.04. The van der Waals surface area contributed by atoms with Crippen molar-refractivity contribution in [2.75, 3.05) is 45.9 Å². The van der Waals surface area contributed by atoms with Gasteiger partial charge in [-0.05, 0) is 42.0 Å². The van der Waals surface area contributed by atoms with Crippen LogP contribution >= 0.6 is 0 Å². The number of aromatic amines is 1. The number of benzene rings is 2. The number of fused-ring (bicyclic) bond motifs is 4. The second-order valence-electron chi connectivity index (χ2n) is 13.0. The van der Waals surface area contributed by atoms with Crippen molar-refractivity contribution in [3.63, 3.8) is 0 Å². The Bertz CT molecular complexity index is 1400. The Morgan fingerprint density at radius 2 is 1.79 bits per heavy atom. The van der Waals surface area contributed by atoms with E-state index in [-0.39, 0.29) is 23.3 Å². The van der Waals surface area contributed by atoms with E-state index in [1.165, 1.54) is 50.9 Å². The quantitative estimate of drug-likeness (QED) is 0.165. The highest BCUT2D eigenvalue weighted by Gasteiger charge is 2.48. The number of ether oxygens (including phenoxy) is 1. The highest BCUT2D eigenvalue weighted by Crippen LogP contribution is 2.42. The Morgan fingerprint density at radius 1 is 1.02 bits per heavy atom. The zero-order valence-corrected chi connectivity index (χ0v) is 24.5. The third kappa shape index (κ3) is 6.01. The van der Waals surface area contributed by atoms with Crippen molar-refractivity contribution in [1.29, 1.82) is 0 Å². The van der Waals surface area contributed by atoms with E-state index in [0.29, 0.717) is 35.5 Å². The third-order valence-electron chi connectivity index (χ3n) is 10.5. The third-order valence-corrected chi connectivity index (χ3v) is 10.5. The number of aromatic nitrogens is 1. The number of phenolic OH excluding ortho intramolecular Hbond substituents is 1. The molecule has 2 aromatic carbocycles. The average Bonchev–Trinajstić information content (AvgIpc) is 3.57. The van der Waals surface area contributed by atoms with Gasteiger partial charge in [-0.1, -0.05) is 49.2 Å². The summed E-state index contributed by atoms with van der Waals surface area (Å²) in [5, 5.41) is 37.0. The molecule has 0 spiro atoms. The van der Waals surface area contributed by atoms with E-state index in [2.05, 4.69) is 22.4 Å². The van der Waals surface area contributed by atoms with Crippen LogP contribution in [0, 0.1) is 11.8 Å². The molecule has 3 saturated heterocycles. The lowest BCUT2D eigenvalue weighted by Crippen LogP contribution is -2.65. The molecular weight excluding hydrogens is 530 g/mol. The number of nitrogens with one attached hydrogen (secondary N) is 2. The Labute approximate surface area is 247 Å². The minimum Gasteiger partial charge on any atom is -0.506 e. The van der Waals surface area contributed by atoms with Gasteiger partial charge in [0.2, 0.25) is 5.56 Å². The zero-order valence-electron chi connectivity index (χ0n) is 24.5. The molecule has 4 fully saturated rings. The summed E-state index contributed by atoms with van der Waals surface area (Å²) in [5.74, 6) is 0.834. The molecule has 226 valence electrons. The molecule has 5 N–H and O–H groups in total. The van der Waals surface area contributed by atoms with E-state index in [4.69, 9.17) is 4.74 Å². The van der Waals surface area contributed by atoms with E-state index >= 15 is 0 Å². The van der Waals surface area contributed by atoms with Crippen LogP contribution in [0.5, 0.6) is 5.75 Å². The molecule has 0 radical (unpaired) electrons. The molecule has 3 atom stereocenters. The van der Waals surface area contributed by atoms with Crippen molar-refractivity contribution in [1.82, 2.24) is 10.3 Å². The van der Waals surface area contributed by atoms with Crippen LogP contribution in [0.3, 0.4) is 0 Å². The Balaban J connectivity index is 1.02. The van der Waals surface area contributed by atoms with E-state index in [1.807, 2.05) is 18.2 Å². The first-order valence-corrected chi connectivity index (χ1v) is 15.9. The number of nitrogens with zero attached hydrogens (tertiary/aromatic N) is 1.